The van der Waals surface area contributed by atoms with Crippen molar-refractivity contribution in [2.24, 2.45) is 0 Å². The molecule has 4 heteroatoms. The molecule has 1 atom stereocenters. The predicted molar refractivity (Wildman–Crippen MR) is 66.0 cm³/mol. The summed E-state index contributed by atoms with van der Waals surface area (Å²) in [6.07, 6.45) is -0.415. The SMILES string of the molecule is Cc1cccc(C(=O)NCC[C@H](O)CO)c1C. The average molecular weight is 237 g/mol. The van der Waals surface area contributed by atoms with Gasteiger partial charge in [-0.05, 0) is 37.5 Å². The second kappa shape index (κ2) is 6.37. The number of carbonyl (C=O) groups is 1. The molecule has 3 N–H and O–H groups in total. The molecule has 0 unspecified atom stereocenters. The highest BCUT2D eigenvalue weighted by Gasteiger charge is 2.10. The lowest BCUT2D eigenvalue weighted by atomic mass is 10.0. The maximum Gasteiger partial charge on any atom is 0.251 e. The summed E-state index contributed by atoms with van der Waals surface area (Å²) in [5, 5.41) is 20.5. The van der Waals surface area contributed by atoms with Crippen molar-refractivity contribution < 1.29 is 15.0 Å². The largest absolute Gasteiger partial charge is 0.394 e. The van der Waals surface area contributed by atoms with E-state index in [0.29, 0.717) is 18.5 Å². The molecule has 0 saturated heterocycles. The molecule has 0 aliphatic rings. The Morgan fingerprint density at radius 3 is 2.76 bits per heavy atom. The van der Waals surface area contributed by atoms with Gasteiger partial charge in [0, 0.05) is 12.1 Å². The molecule has 0 aliphatic carbocycles. The van der Waals surface area contributed by atoms with Crippen LogP contribution in [-0.4, -0.2) is 35.4 Å². The quantitative estimate of drug-likeness (QED) is 0.708. The van der Waals surface area contributed by atoms with E-state index in [1.54, 1.807) is 6.07 Å². The molecule has 94 valence electrons. The highest BCUT2D eigenvalue weighted by atomic mass is 16.3. The minimum absolute atomic E-state index is 0.142. The molecular weight excluding hydrogens is 218 g/mol. The van der Waals surface area contributed by atoms with Crippen LogP contribution in [0, 0.1) is 13.8 Å². The zero-order valence-corrected chi connectivity index (χ0v) is 10.2. The van der Waals surface area contributed by atoms with Crippen molar-refractivity contribution in [2.45, 2.75) is 26.4 Å². The highest BCUT2D eigenvalue weighted by molar-refractivity contribution is 5.95. The first-order valence-electron chi connectivity index (χ1n) is 5.69. The minimum atomic E-state index is -0.770. The number of nitrogens with one attached hydrogen (secondary N) is 1. The minimum Gasteiger partial charge on any atom is -0.394 e. The Morgan fingerprint density at radius 2 is 2.12 bits per heavy atom. The van der Waals surface area contributed by atoms with Crippen molar-refractivity contribution in [2.75, 3.05) is 13.2 Å². The summed E-state index contributed by atoms with van der Waals surface area (Å²) in [6, 6.07) is 5.58. The molecule has 1 aromatic carbocycles. The van der Waals surface area contributed by atoms with Gasteiger partial charge in [-0.2, -0.15) is 0 Å². The third kappa shape index (κ3) is 3.84. The van der Waals surface area contributed by atoms with Gasteiger partial charge in [0.05, 0.1) is 12.7 Å². The fraction of sp³-hybridized carbons (Fsp3) is 0.462. The van der Waals surface area contributed by atoms with E-state index in [1.807, 2.05) is 26.0 Å². The van der Waals surface area contributed by atoms with Crippen molar-refractivity contribution in [1.29, 1.82) is 0 Å². The molecule has 0 aromatic heterocycles. The highest BCUT2D eigenvalue weighted by Crippen LogP contribution is 2.12. The Bertz CT molecular complexity index is 390. The van der Waals surface area contributed by atoms with Gasteiger partial charge in [-0.1, -0.05) is 12.1 Å². The van der Waals surface area contributed by atoms with E-state index in [9.17, 15) is 4.79 Å². The second-order valence-electron chi connectivity index (χ2n) is 4.13. The summed E-state index contributed by atoms with van der Waals surface area (Å²) in [6.45, 7) is 3.95. The lowest BCUT2D eigenvalue weighted by Gasteiger charge is -2.11. The Morgan fingerprint density at radius 1 is 1.41 bits per heavy atom. The van der Waals surface area contributed by atoms with E-state index in [0.717, 1.165) is 11.1 Å². The van der Waals surface area contributed by atoms with Crippen molar-refractivity contribution in [3.8, 4) is 0 Å². The van der Waals surface area contributed by atoms with Gasteiger partial charge in [0.1, 0.15) is 0 Å². The van der Waals surface area contributed by atoms with Crippen LogP contribution in [0.25, 0.3) is 0 Å². The van der Waals surface area contributed by atoms with E-state index < -0.39 is 6.10 Å². The van der Waals surface area contributed by atoms with Crippen LogP contribution < -0.4 is 5.32 Å². The maximum atomic E-state index is 11.8. The summed E-state index contributed by atoms with van der Waals surface area (Å²) in [4.78, 5) is 11.8. The number of aliphatic hydroxyl groups excluding tert-OH is 2. The first-order chi connectivity index (χ1) is 8.06. The summed E-state index contributed by atoms with van der Waals surface area (Å²) >= 11 is 0. The fourth-order valence-electron chi connectivity index (χ4n) is 1.54. The number of amides is 1. The fourth-order valence-corrected chi connectivity index (χ4v) is 1.54. The van der Waals surface area contributed by atoms with Gasteiger partial charge < -0.3 is 15.5 Å². The Labute approximate surface area is 101 Å². The third-order valence-electron chi connectivity index (χ3n) is 2.82. The summed E-state index contributed by atoms with van der Waals surface area (Å²) in [5.74, 6) is -0.142. The van der Waals surface area contributed by atoms with Crippen molar-refractivity contribution >= 4 is 5.91 Å². The molecule has 0 fully saturated rings. The third-order valence-corrected chi connectivity index (χ3v) is 2.82. The summed E-state index contributed by atoms with van der Waals surface area (Å²) < 4.78 is 0. The number of hydrogen-bond donors (Lipinski definition) is 3. The van der Waals surface area contributed by atoms with Crippen LogP contribution in [0.3, 0.4) is 0 Å². The molecular formula is C13H19NO3. The topological polar surface area (TPSA) is 69.6 Å². The monoisotopic (exact) mass is 237 g/mol. The molecule has 0 aliphatic heterocycles. The van der Waals surface area contributed by atoms with Crippen molar-refractivity contribution in [3.05, 3.63) is 34.9 Å². The number of aliphatic hydroxyl groups is 2. The second-order valence-corrected chi connectivity index (χ2v) is 4.13. The number of rotatable bonds is 5. The van der Waals surface area contributed by atoms with Crippen LogP contribution in [0.5, 0.6) is 0 Å². The van der Waals surface area contributed by atoms with E-state index in [4.69, 9.17) is 10.2 Å². The van der Waals surface area contributed by atoms with Gasteiger partial charge in [-0.25, -0.2) is 0 Å². The van der Waals surface area contributed by atoms with Crippen LogP contribution >= 0.6 is 0 Å². The zero-order chi connectivity index (χ0) is 12.8. The molecule has 1 aromatic rings. The molecule has 0 radical (unpaired) electrons. The van der Waals surface area contributed by atoms with Gasteiger partial charge >= 0.3 is 0 Å². The van der Waals surface area contributed by atoms with Gasteiger partial charge in [0.15, 0.2) is 0 Å². The predicted octanol–water partition coefficient (Wildman–Crippen LogP) is 0.777. The summed E-state index contributed by atoms with van der Waals surface area (Å²) in [5.41, 5.74) is 2.70. The zero-order valence-electron chi connectivity index (χ0n) is 10.2. The van der Waals surface area contributed by atoms with Crippen LogP contribution in [0.1, 0.15) is 27.9 Å². The molecule has 4 nitrogen and oxygen atoms in total. The van der Waals surface area contributed by atoms with Crippen LogP contribution in [-0.2, 0) is 0 Å². The van der Waals surface area contributed by atoms with Gasteiger partial charge in [0.2, 0.25) is 0 Å². The van der Waals surface area contributed by atoms with Crippen molar-refractivity contribution in [1.82, 2.24) is 5.32 Å². The Kier molecular flexibility index (Phi) is 5.12. The molecule has 0 spiro atoms. The molecule has 0 heterocycles. The van der Waals surface area contributed by atoms with Crippen LogP contribution in [0.4, 0.5) is 0 Å². The van der Waals surface area contributed by atoms with Crippen LogP contribution in [0.15, 0.2) is 18.2 Å². The van der Waals surface area contributed by atoms with Gasteiger partial charge in [0.25, 0.3) is 5.91 Å². The maximum absolute atomic E-state index is 11.8. The molecule has 0 saturated carbocycles. The molecule has 17 heavy (non-hydrogen) atoms. The van der Waals surface area contributed by atoms with E-state index in [1.165, 1.54) is 0 Å². The first kappa shape index (κ1) is 13.7. The standard InChI is InChI=1S/C13H19NO3/c1-9-4-3-5-12(10(9)2)13(17)14-7-6-11(16)8-15/h3-5,11,15-16H,6-8H2,1-2H3,(H,14,17)/t11-/m0/s1. The number of aryl methyl sites for hydroxylation is 1. The van der Waals surface area contributed by atoms with Crippen LogP contribution in [0.2, 0.25) is 0 Å². The number of benzene rings is 1. The molecule has 1 amide bonds. The number of carbonyl (C=O) groups excluding carboxylic acids is 1. The normalized spacial score (nSPS) is 12.2. The first-order valence-corrected chi connectivity index (χ1v) is 5.69. The number of hydrogen-bond acceptors (Lipinski definition) is 3. The smallest absolute Gasteiger partial charge is 0.251 e. The van der Waals surface area contributed by atoms with Gasteiger partial charge in [-0.15, -0.1) is 0 Å². The lowest BCUT2D eigenvalue weighted by molar-refractivity contribution is 0.0834. The van der Waals surface area contributed by atoms with E-state index in [-0.39, 0.29) is 12.5 Å². The molecule has 1 rings (SSSR count). The Hall–Kier alpha value is -1.39. The Balaban J connectivity index is 2.56. The lowest BCUT2D eigenvalue weighted by Crippen LogP contribution is -2.28. The molecule has 0 bridgehead atoms. The average Bonchev–Trinajstić information content (AvgIpc) is 2.32. The van der Waals surface area contributed by atoms with Crippen molar-refractivity contribution in [3.63, 3.8) is 0 Å². The summed E-state index contributed by atoms with van der Waals surface area (Å²) in [7, 11) is 0. The van der Waals surface area contributed by atoms with Gasteiger partial charge in [-0.3, -0.25) is 4.79 Å². The van der Waals surface area contributed by atoms with E-state index >= 15 is 0 Å². The van der Waals surface area contributed by atoms with E-state index in [2.05, 4.69) is 5.32 Å².